The number of carbonyl (C=O) groups excluding carboxylic acids is 1. The van der Waals surface area contributed by atoms with Gasteiger partial charge in [0.1, 0.15) is 11.2 Å². The summed E-state index contributed by atoms with van der Waals surface area (Å²) in [5.41, 5.74) is 0. The van der Waals surface area contributed by atoms with Gasteiger partial charge in [0.15, 0.2) is 6.61 Å². The van der Waals surface area contributed by atoms with Crippen LogP contribution in [0.3, 0.4) is 0 Å². The molecular weight excluding hydrogens is 304 g/mol. The van der Waals surface area contributed by atoms with E-state index in [4.69, 9.17) is 16.3 Å². The quantitative estimate of drug-likeness (QED) is 0.690. The van der Waals surface area contributed by atoms with Crippen LogP contribution in [0.1, 0.15) is 9.67 Å². The van der Waals surface area contributed by atoms with Crippen molar-refractivity contribution in [2.24, 2.45) is 0 Å². The molecule has 3 aromatic rings. The number of carbonyl (C=O) groups is 1. The molecule has 0 unspecified atom stereocenters. The molecule has 0 N–H and O–H groups in total. The summed E-state index contributed by atoms with van der Waals surface area (Å²) in [6, 6.07) is 5.27. The molecule has 0 aliphatic heterocycles. The minimum Gasteiger partial charge on any atom is -0.469 e. The number of hydrogen-bond acceptors (Lipinski definition) is 6. The molecule has 0 aliphatic rings. The number of fused-ring (bicyclic) bond motifs is 1. The van der Waals surface area contributed by atoms with E-state index in [2.05, 4.69) is 9.97 Å². The van der Waals surface area contributed by atoms with Gasteiger partial charge >= 0.3 is 0 Å². The molecule has 0 aliphatic carbocycles. The lowest BCUT2D eigenvalue weighted by molar-refractivity contribution is 0.0923. The zero-order chi connectivity index (χ0) is 13.2. The maximum absolute atomic E-state index is 11.9. The average Bonchev–Trinajstić information content (AvgIpc) is 3.04. The monoisotopic (exact) mass is 310 g/mol. The molecule has 7 heteroatoms. The van der Waals surface area contributed by atoms with Gasteiger partial charge in [-0.15, -0.1) is 22.7 Å². The Kier molecular flexibility index (Phi) is 3.46. The van der Waals surface area contributed by atoms with Crippen LogP contribution in [0.4, 0.5) is 0 Å². The number of nitrogens with zero attached hydrogens (tertiary/aromatic N) is 2. The molecule has 0 radical (unpaired) electrons. The highest BCUT2D eigenvalue weighted by molar-refractivity contribution is 7.18. The first kappa shape index (κ1) is 12.5. The summed E-state index contributed by atoms with van der Waals surface area (Å²) in [6.45, 7) is -0.0567. The van der Waals surface area contributed by atoms with Crippen LogP contribution in [-0.2, 0) is 0 Å². The van der Waals surface area contributed by atoms with Crippen molar-refractivity contribution in [3.8, 4) is 5.88 Å². The van der Waals surface area contributed by atoms with E-state index < -0.39 is 0 Å². The second kappa shape index (κ2) is 5.24. The smallest absolute Gasteiger partial charge is 0.225 e. The fourth-order valence-electron chi connectivity index (χ4n) is 1.55. The van der Waals surface area contributed by atoms with E-state index in [-0.39, 0.29) is 12.4 Å². The van der Waals surface area contributed by atoms with Gasteiger partial charge in [0.05, 0.1) is 14.6 Å². The lowest BCUT2D eigenvalue weighted by atomic mass is 10.3. The van der Waals surface area contributed by atoms with Crippen molar-refractivity contribution in [2.45, 2.75) is 0 Å². The van der Waals surface area contributed by atoms with E-state index in [1.165, 1.54) is 29.0 Å². The summed E-state index contributed by atoms with van der Waals surface area (Å²) >= 11 is 8.54. The normalized spacial score (nSPS) is 10.8. The Labute approximate surface area is 121 Å². The van der Waals surface area contributed by atoms with Crippen molar-refractivity contribution in [3.63, 3.8) is 0 Å². The van der Waals surface area contributed by atoms with E-state index in [1.807, 2.05) is 11.4 Å². The van der Waals surface area contributed by atoms with Gasteiger partial charge < -0.3 is 4.74 Å². The fraction of sp³-hybridized carbons (Fsp3) is 0.0833. The highest BCUT2D eigenvalue weighted by atomic mass is 35.5. The standard InChI is InChI=1S/C12H7ClN2O2S2/c13-10-2-1-9(19-10)8(16)5-17-11-7-3-4-18-12(7)15-6-14-11/h1-4,6H,5H2. The number of ketones is 1. The Morgan fingerprint density at radius 1 is 1.32 bits per heavy atom. The van der Waals surface area contributed by atoms with Gasteiger partial charge in [0, 0.05) is 0 Å². The van der Waals surface area contributed by atoms with Crippen LogP contribution in [0.2, 0.25) is 4.34 Å². The van der Waals surface area contributed by atoms with Crippen molar-refractivity contribution in [1.29, 1.82) is 0 Å². The van der Waals surface area contributed by atoms with Crippen molar-refractivity contribution in [3.05, 3.63) is 39.1 Å². The number of thiophene rings is 2. The van der Waals surface area contributed by atoms with Crippen molar-refractivity contribution < 1.29 is 9.53 Å². The largest absolute Gasteiger partial charge is 0.469 e. The Morgan fingerprint density at radius 2 is 2.21 bits per heavy atom. The number of Topliss-reactive ketones (excluding diaryl/α,β-unsaturated/α-hetero) is 1. The van der Waals surface area contributed by atoms with Crippen LogP contribution < -0.4 is 4.74 Å². The summed E-state index contributed by atoms with van der Waals surface area (Å²) in [4.78, 5) is 21.5. The highest BCUT2D eigenvalue weighted by Crippen LogP contribution is 2.26. The average molecular weight is 311 g/mol. The number of hydrogen-bond donors (Lipinski definition) is 0. The summed E-state index contributed by atoms with van der Waals surface area (Å²) < 4.78 is 6.06. The molecule has 0 saturated heterocycles. The Morgan fingerprint density at radius 3 is 3.00 bits per heavy atom. The van der Waals surface area contributed by atoms with Gasteiger partial charge in [-0.1, -0.05) is 11.6 Å². The van der Waals surface area contributed by atoms with Gasteiger partial charge in [0.25, 0.3) is 0 Å². The first-order valence-corrected chi connectivity index (χ1v) is 7.41. The molecule has 3 aromatic heterocycles. The molecule has 3 rings (SSSR count). The van der Waals surface area contributed by atoms with Gasteiger partial charge in [-0.2, -0.15) is 0 Å². The third kappa shape index (κ3) is 2.60. The van der Waals surface area contributed by atoms with E-state index >= 15 is 0 Å². The van der Waals surface area contributed by atoms with E-state index in [0.717, 1.165) is 10.2 Å². The van der Waals surface area contributed by atoms with Crippen LogP contribution in [0.15, 0.2) is 29.9 Å². The Hall–Kier alpha value is -1.50. The fourth-order valence-corrected chi connectivity index (χ4v) is 3.24. The van der Waals surface area contributed by atoms with E-state index in [0.29, 0.717) is 15.1 Å². The Bertz CT molecular complexity index is 738. The van der Waals surface area contributed by atoms with Crippen LogP contribution in [0.5, 0.6) is 5.88 Å². The van der Waals surface area contributed by atoms with Crippen molar-refractivity contribution >= 4 is 50.3 Å². The topological polar surface area (TPSA) is 52.1 Å². The number of aromatic nitrogens is 2. The zero-order valence-corrected chi connectivity index (χ0v) is 11.9. The van der Waals surface area contributed by atoms with Gasteiger partial charge in [0.2, 0.25) is 11.7 Å². The minimum atomic E-state index is -0.112. The predicted octanol–water partition coefficient (Wildman–Crippen LogP) is 3.67. The van der Waals surface area contributed by atoms with Crippen LogP contribution in [0.25, 0.3) is 10.2 Å². The molecular formula is C12H7ClN2O2S2. The zero-order valence-electron chi connectivity index (χ0n) is 9.50. The molecule has 0 spiro atoms. The molecule has 0 bridgehead atoms. The molecule has 0 saturated carbocycles. The molecule has 3 heterocycles. The van der Waals surface area contributed by atoms with Crippen molar-refractivity contribution in [2.75, 3.05) is 6.61 Å². The molecule has 4 nitrogen and oxygen atoms in total. The second-order valence-electron chi connectivity index (χ2n) is 3.63. The highest BCUT2D eigenvalue weighted by Gasteiger charge is 2.12. The SMILES string of the molecule is O=C(COc1ncnc2sccc12)c1ccc(Cl)s1. The summed E-state index contributed by atoms with van der Waals surface area (Å²) in [6.07, 6.45) is 1.43. The minimum absolute atomic E-state index is 0.0567. The third-order valence-electron chi connectivity index (χ3n) is 2.41. The van der Waals surface area contributed by atoms with Crippen LogP contribution in [0, 0.1) is 0 Å². The van der Waals surface area contributed by atoms with Gasteiger partial charge in [-0.05, 0) is 23.6 Å². The van der Waals surface area contributed by atoms with Gasteiger partial charge in [-0.25, -0.2) is 9.97 Å². The number of ether oxygens (including phenoxy) is 1. The molecule has 96 valence electrons. The molecule has 0 fully saturated rings. The van der Waals surface area contributed by atoms with E-state index in [9.17, 15) is 4.79 Å². The molecule has 0 aromatic carbocycles. The third-order valence-corrected chi connectivity index (χ3v) is 4.51. The molecule has 19 heavy (non-hydrogen) atoms. The summed E-state index contributed by atoms with van der Waals surface area (Å²) in [7, 11) is 0. The number of rotatable bonds is 4. The summed E-state index contributed by atoms with van der Waals surface area (Å²) in [5, 5.41) is 2.73. The maximum Gasteiger partial charge on any atom is 0.225 e. The summed E-state index contributed by atoms with van der Waals surface area (Å²) in [5.74, 6) is 0.321. The number of halogens is 1. The lowest BCUT2D eigenvalue weighted by Crippen LogP contribution is -2.11. The lowest BCUT2D eigenvalue weighted by Gasteiger charge is -2.03. The molecule has 0 amide bonds. The first-order chi connectivity index (χ1) is 9.24. The van der Waals surface area contributed by atoms with Crippen LogP contribution >= 0.6 is 34.3 Å². The van der Waals surface area contributed by atoms with Crippen LogP contribution in [-0.4, -0.2) is 22.4 Å². The molecule has 0 atom stereocenters. The van der Waals surface area contributed by atoms with E-state index in [1.54, 1.807) is 12.1 Å². The van der Waals surface area contributed by atoms with Gasteiger partial charge in [-0.3, -0.25) is 4.79 Å². The predicted molar refractivity (Wildman–Crippen MR) is 76.6 cm³/mol. The van der Waals surface area contributed by atoms with Crippen molar-refractivity contribution in [1.82, 2.24) is 9.97 Å². The first-order valence-electron chi connectivity index (χ1n) is 5.33. The Balaban J connectivity index is 1.76. The second-order valence-corrected chi connectivity index (χ2v) is 6.24. The maximum atomic E-state index is 11.9.